The Bertz CT molecular complexity index is 639. The molecule has 2 heterocycles. The van der Waals surface area contributed by atoms with E-state index in [1.807, 2.05) is 0 Å². The van der Waals surface area contributed by atoms with Gasteiger partial charge in [0, 0.05) is 37.6 Å². The number of carbonyl (C=O) groups is 2. The second kappa shape index (κ2) is 9.69. The number of aromatic nitrogens is 1. The standard InChI is InChI=1S/C20H28N2O5/c23-19(22-13-17(20(24)25)14-7-10-26-11-8-14)15-6-9-21-18(12-15)27-16-4-2-1-3-5-16/h6,9,12,14,16-17H,1-5,7-8,10-11,13H2,(H,22,23)(H,24,25). The van der Waals surface area contributed by atoms with Crippen molar-refractivity contribution < 1.29 is 24.2 Å². The largest absolute Gasteiger partial charge is 0.481 e. The molecule has 2 N–H and O–H groups in total. The van der Waals surface area contributed by atoms with E-state index in [1.54, 1.807) is 18.3 Å². The summed E-state index contributed by atoms with van der Waals surface area (Å²) in [6.07, 6.45) is 8.74. The van der Waals surface area contributed by atoms with E-state index in [9.17, 15) is 14.7 Å². The monoisotopic (exact) mass is 376 g/mol. The first-order chi connectivity index (χ1) is 13.1. The highest BCUT2D eigenvalue weighted by Crippen LogP contribution is 2.24. The van der Waals surface area contributed by atoms with Gasteiger partial charge in [-0.3, -0.25) is 9.59 Å². The van der Waals surface area contributed by atoms with E-state index < -0.39 is 11.9 Å². The quantitative estimate of drug-likeness (QED) is 0.759. The van der Waals surface area contributed by atoms with Crippen molar-refractivity contribution in [2.24, 2.45) is 11.8 Å². The highest BCUT2D eigenvalue weighted by atomic mass is 16.5. The Morgan fingerprint density at radius 1 is 1.22 bits per heavy atom. The van der Waals surface area contributed by atoms with E-state index in [0.29, 0.717) is 37.5 Å². The summed E-state index contributed by atoms with van der Waals surface area (Å²) in [6, 6.07) is 3.25. The number of carboxylic acid groups (broad SMARTS) is 1. The fourth-order valence-corrected chi connectivity index (χ4v) is 3.85. The van der Waals surface area contributed by atoms with E-state index >= 15 is 0 Å². The Hall–Kier alpha value is -2.15. The molecule has 1 aromatic heterocycles. The molecule has 1 atom stereocenters. The highest BCUT2D eigenvalue weighted by Gasteiger charge is 2.30. The third kappa shape index (κ3) is 5.66. The van der Waals surface area contributed by atoms with Crippen LogP contribution in [0.5, 0.6) is 5.88 Å². The lowest BCUT2D eigenvalue weighted by molar-refractivity contribution is -0.144. The summed E-state index contributed by atoms with van der Waals surface area (Å²) >= 11 is 0. The molecule has 1 aromatic rings. The Labute approximate surface area is 159 Å². The minimum absolute atomic E-state index is 0.0270. The lowest BCUT2D eigenvalue weighted by Crippen LogP contribution is -2.39. The second-order valence-electron chi connectivity index (χ2n) is 7.37. The molecule has 0 radical (unpaired) electrons. The highest BCUT2D eigenvalue weighted by molar-refractivity contribution is 5.94. The van der Waals surface area contributed by atoms with Crippen molar-refractivity contribution in [2.75, 3.05) is 19.8 Å². The van der Waals surface area contributed by atoms with Crippen LogP contribution >= 0.6 is 0 Å². The average Bonchev–Trinajstić information content (AvgIpc) is 2.69. The predicted octanol–water partition coefficient (Wildman–Crippen LogP) is 2.65. The van der Waals surface area contributed by atoms with Gasteiger partial charge in [-0.2, -0.15) is 0 Å². The van der Waals surface area contributed by atoms with Crippen LogP contribution < -0.4 is 10.1 Å². The fraction of sp³-hybridized carbons (Fsp3) is 0.650. The van der Waals surface area contributed by atoms with Crippen LogP contribution in [-0.2, 0) is 9.53 Å². The number of hydrogen-bond acceptors (Lipinski definition) is 5. The summed E-state index contributed by atoms with van der Waals surface area (Å²) in [5, 5.41) is 12.3. The molecule has 7 nitrogen and oxygen atoms in total. The lowest BCUT2D eigenvalue weighted by Gasteiger charge is -2.27. The molecule has 0 aromatic carbocycles. The van der Waals surface area contributed by atoms with Gasteiger partial charge in [0.1, 0.15) is 6.10 Å². The predicted molar refractivity (Wildman–Crippen MR) is 98.7 cm³/mol. The molecular weight excluding hydrogens is 348 g/mol. The number of carbonyl (C=O) groups excluding carboxylic acids is 1. The van der Waals surface area contributed by atoms with Crippen molar-refractivity contribution >= 4 is 11.9 Å². The van der Waals surface area contributed by atoms with Crippen LogP contribution in [0.2, 0.25) is 0 Å². The van der Waals surface area contributed by atoms with Crippen LogP contribution in [0, 0.1) is 11.8 Å². The van der Waals surface area contributed by atoms with Crippen molar-refractivity contribution in [3.63, 3.8) is 0 Å². The molecule has 1 unspecified atom stereocenters. The fourth-order valence-electron chi connectivity index (χ4n) is 3.85. The molecule has 1 aliphatic carbocycles. The van der Waals surface area contributed by atoms with Gasteiger partial charge in [0.05, 0.1) is 5.92 Å². The zero-order valence-corrected chi connectivity index (χ0v) is 15.6. The van der Waals surface area contributed by atoms with Crippen LogP contribution in [0.3, 0.4) is 0 Å². The van der Waals surface area contributed by atoms with Crippen molar-refractivity contribution in [1.82, 2.24) is 10.3 Å². The van der Waals surface area contributed by atoms with Gasteiger partial charge in [0.2, 0.25) is 5.88 Å². The zero-order chi connectivity index (χ0) is 19.1. The molecule has 2 aliphatic rings. The number of pyridine rings is 1. The van der Waals surface area contributed by atoms with E-state index in [-0.39, 0.29) is 24.5 Å². The van der Waals surface area contributed by atoms with Crippen LogP contribution in [0.4, 0.5) is 0 Å². The van der Waals surface area contributed by atoms with Gasteiger partial charge in [-0.05, 0) is 50.5 Å². The van der Waals surface area contributed by atoms with E-state index in [1.165, 1.54) is 6.42 Å². The number of nitrogens with zero attached hydrogens (tertiary/aromatic N) is 1. The van der Waals surface area contributed by atoms with Crippen LogP contribution in [0.25, 0.3) is 0 Å². The van der Waals surface area contributed by atoms with Crippen LogP contribution in [0.15, 0.2) is 18.3 Å². The van der Waals surface area contributed by atoms with Crippen molar-refractivity contribution in [2.45, 2.75) is 51.0 Å². The van der Waals surface area contributed by atoms with Crippen molar-refractivity contribution in [3.8, 4) is 5.88 Å². The molecule has 27 heavy (non-hydrogen) atoms. The van der Waals surface area contributed by atoms with Gasteiger partial charge < -0.3 is 19.9 Å². The maximum absolute atomic E-state index is 12.5. The third-order valence-corrected chi connectivity index (χ3v) is 5.47. The molecule has 1 amide bonds. The summed E-state index contributed by atoms with van der Waals surface area (Å²) in [7, 11) is 0. The van der Waals surface area contributed by atoms with Crippen LogP contribution in [0.1, 0.15) is 55.3 Å². The van der Waals surface area contributed by atoms with Gasteiger partial charge in [0.25, 0.3) is 5.91 Å². The normalized spacial score (nSPS) is 20.0. The molecule has 1 saturated heterocycles. The van der Waals surface area contributed by atoms with E-state index in [2.05, 4.69) is 10.3 Å². The van der Waals surface area contributed by atoms with Crippen LogP contribution in [-0.4, -0.2) is 47.8 Å². The van der Waals surface area contributed by atoms with Crippen molar-refractivity contribution in [3.05, 3.63) is 23.9 Å². The second-order valence-corrected chi connectivity index (χ2v) is 7.37. The first-order valence-electron chi connectivity index (χ1n) is 9.85. The number of carboxylic acids is 1. The smallest absolute Gasteiger partial charge is 0.308 e. The first kappa shape index (κ1) is 19.6. The summed E-state index contributed by atoms with van der Waals surface area (Å²) in [6.45, 7) is 1.27. The molecule has 3 rings (SSSR count). The molecule has 0 bridgehead atoms. The maximum atomic E-state index is 12.5. The Kier molecular flexibility index (Phi) is 7.04. The van der Waals surface area contributed by atoms with Gasteiger partial charge in [-0.1, -0.05) is 6.42 Å². The third-order valence-electron chi connectivity index (χ3n) is 5.47. The number of hydrogen-bond donors (Lipinski definition) is 2. The Balaban J connectivity index is 1.56. The van der Waals surface area contributed by atoms with Gasteiger partial charge >= 0.3 is 5.97 Å². The molecule has 0 spiro atoms. The van der Waals surface area contributed by atoms with Gasteiger partial charge in [-0.15, -0.1) is 0 Å². The number of ether oxygens (including phenoxy) is 2. The SMILES string of the molecule is O=C(NCC(C(=O)O)C1CCOCC1)c1ccnc(OC2CCCCC2)c1. The molecule has 2 fully saturated rings. The number of amides is 1. The number of rotatable bonds is 7. The molecule has 7 heteroatoms. The van der Waals surface area contributed by atoms with E-state index in [4.69, 9.17) is 9.47 Å². The Morgan fingerprint density at radius 3 is 2.67 bits per heavy atom. The number of aliphatic carboxylic acids is 1. The average molecular weight is 376 g/mol. The van der Waals surface area contributed by atoms with Gasteiger partial charge in [-0.25, -0.2) is 4.98 Å². The van der Waals surface area contributed by atoms with Gasteiger partial charge in [0.15, 0.2) is 0 Å². The summed E-state index contributed by atoms with van der Waals surface area (Å²) < 4.78 is 11.2. The zero-order valence-electron chi connectivity index (χ0n) is 15.6. The van der Waals surface area contributed by atoms with Crippen molar-refractivity contribution in [1.29, 1.82) is 0 Å². The van der Waals surface area contributed by atoms with E-state index in [0.717, 1.165) is 25.7 Å². The molecule has 1 aliphatic heterocycles. The topological polar surface area (TPSA) is 97.8 Å². The minimum Gasteiger partial charge on any atom is -0.481 e. The molecule has 1 saturated carbocycles. The summed E-state index contributed by atoms with van der Waals surface area (Å²) in [5.74, 6) is -1.30. The lowest BCUT2D eigenvalue weighted by atomic mass is 9.86. The summed E-state index contributed by atoms with van der Waals surface area (Å²) in [4.78, 5) is 28.3. The number of nitrogens with one attached hydrogen (secondary N) is 1. The molecule has 148 valence electrons. The Morgan fingerprint density at radius 2 is 1.96 bits per heavy atom. The summed E-state index contributed by atoms with van der Waals surface area (Å²) in [5.41, 5.74) is 0.437. The molecular formula is C20H28N2O5. The maximum Gasteiger partial charge on any atom is 0.308 e. The minimum atomic E-state index is -0.877. The first-order valence-corrected chi connectivity index (χ1v) is 9.85.